The number of hydrogen-bond acceptors (Lipinski definition) is 3. The predicted octanol–water partition coefficient (Wildman–Crippen LogP) is 3.55. The molecule has 1 saturated heterocycles. The molecule has 0 aliphatic carbocycles. The molecule has 1 heterocycles. The monoisotopic (exact) mass is 276 g/mol. The quantitative estimate of drug-likeness (QED) is 0.611. The zero-order valence-electron chi connectivity index (χ0n) is 12.7. The van der Waals surface area contributed by atoms with Crippen molar-refractivity contribution in [3.05, 3.63) is 24.3 Å². The van der Waals surface area contributed by atoms with Crippen LogP contribution in [0.5, 0.6) is 5.75 Å². The van der Waals surface area contributed by atoms with Crippen LogP contribution in [0.4, 0.5) is 5.69 Å². The lowest BCUT2D eigenvalue weighted by Gasteiger charge is -2.31. The fourth-order valence-electron chi connectivity index (χ4n) is 2.99. The van der Waals surface area contributed by atoms with Crippen LogP contribution in [0, 0.1) is 5.92 Å². The molecular formula is C17H28N2O. The topological polar surface area (TPSA) is 38.5 Å². The molecule has 0 unspecified atom stereocenters. The molecule has 3 heteroatoms. The Balaban J connectivity index is 1.59. The predicted molar refractivity (Wildman–Crippen MR) is 85.0 cm³/mol. The molecule has 0 amide bonds. The number of anilines is 1. The van der Waals surface area contributed by atoms with Gasteiger partial charge in [-0.3, -0.25) is 0 Å². The molecule has 1 aliphatic rings. The smallest absolute Gasteiger partial charge is 0.142 e. The summed E-state index contributed by atoms with van der Waals surface area (Å²) in [6.07, 6.45) is 6.56. The number of nitrogens with zero attached hydrogens (tertiary/aromatic N) is 1. The van der Waals surface area contributed by atoms with Gasteiger partial charge in [-0.2, -0.15) is 0 Å². The van der Waals surface area contributed by atoms with E-state index < -0.39 is 0 Å². The Morgan fingerprint density at radius 1 is 1.25 bits per heavy atom. The van der Waals surface area contributed by atoms with E-state index in [4.69, 9.17) is 10.5 Å². The molecule has 0 spiro atoms. The van der Waals surface area contributed by atoms with E-state index in [0.29, 0.717) is 0 Å². The first-order valence-electron chi connectivity index (χ1n) is 7.99. The van der Waals surface area contributed by atoms with Crippen LogP contribution >= 0.6 is 0 Å². The molecule has 1 aliphatic heterocycles. The minimum Gasteiger partial charge on any atom is -0.491 e. The van der Waals surface area contributed by atoms with Crippen molar-refractivity contribution >= 4 is 5.69 Å². The van der Waals surface area contributed by atoms with E-state index in [0.717, 1.165) is 36.9 Å². The SMILES string of the molecule is CCCC1CCN(CCCOc2ccccc2N)CC1. The third-order valence-electron chi connectivity index (χ3n) is 4.20. The summed E-state index contributed by atoms with van der Waals surface area (Å²) in [5.74, 6) is 1.78. The van der Waals surface area contributed by atoms with Gasteiger partial charge < -0.3 is 15.4 Å². The summed E-state index contributed by atoms with van der Waals surface area (Å²) in [7, 11) is 0. The number of piperidine rings is 1. The van der Waals surface area contributed by atoms with Crippen molar-refractivity contribution in [2.24, 2.45) is 5.92 Å². The van der Waals surface area contributed by atoms with Crippen molar-refractivity contribution < 1.29 is 4.74 Å². The van der Waals surface area contributed by atoms with Gasteiger partial charge in [-0.25, -0.2) is 0 Å². The van der Waals surface area contributed by atoms with Gasteiger partial charge in [-0.1, -0.05) is 31.9 Å². The van der Waals surface area contributed by atoms with Crippen LogP contribution in [0.15, 0.2) is 24.3 Å². The Morgan fingerprint density at radius 3 is 2.70 bits per heavy atom. The number of para-hydroxylation sites is 2. The Kier molecular flexibility index (Phi) is 6.19. The molecule has 112 valence electrons. The maximum absolute atomic E-state index is 5.85. The lowest BCUT2D eigenvalue weighted by molar-refractivity contribution is 0.166. The highest BCUT2D eigenvalue weighted by Gasteiger charge is 2.17. The second-order valence-corrected chi connectivity index (χ2v) is 5.81. The van der Waals surface area contributed by atoms with Crippen molar-refractivity contribution in [3.63, 3.8) is 0 Å². The van der Waals surface area contributed by atoms with Crippen LogP contribution in [0.1, 0.15) is 39.0 Å². The van der Waals surface area contributed by atoms with Gasteiger partial charge >= 0.3 is 0 Å². The molecule has 3 nitrogen and oxygen atoms in total. The second kappa shape index (κ2) is 8.15. The van der Waals surface area contributed by atoms with Crippen molar-refractivity contribution in [2.75, 3.05) is 32.0 Å². The normalized spacial score (nSPS) is 17.2. The maximum Gasteiger partial charge on any atom is 0.142 e. The summed E-state index contributed by atoms with van der Waals surface area (Å²) in [5.41, 5.74) is 6.58. The molecule has 2 rings (SSSR count). The van der Waals surface area contributed by atoms with Crippen LogP contribution in [-0.2, 0) is 0 Å². The maximum atomic E-state index is 5.85. The molecule has 0 bridgehead atoms. The Morgan fingerprint density at radius 2 is 2.00 bits per heavy atom. The van der Waals surface area contributed by atoms with Crippen molar-refractivity contribution in [1.29, 1.82) is 0 Å². The Bertz CT molecular complexity index is 386. The number of ether oxygens (including phenoxy) is 1. The lowest BCUT2D eigenvalue weighted by atomic mass is 9.92. The molecule has 1 aromatic carbocycles. The highest BCUT2D eigenvalue weighted by molar-refractivity contribution is 5.51. The van der Waals surface area contributed by atoms with Gasteiger partial charge in [0, 0.05) is 6.54 Å². The average Bonchev–Trinajstić information content (AvgIpc) is 2.47. The third-order valence-corrected chi connectivity index (χ3v) is 4.20. The van der Waals surface area contributed by atoms with Crippen LogP contribution in [-0.4, -0.2) is 31.1 Å². The van der Waals surface area contributed by atoms with Gasteiger partial charge in [-0.15, -0.1) is 0 Å². The summed E-state index contributed by atoms with van der Waals surface area (Å²) >= 11 is 0. The summed E-state index contributed by atoms with van der Waals surface area (Å²) in [5, 5.41) is 0. The Labute approximate surface area is 123 Å². The fraction of sp³-hybridized carbons (Fsp3) is 0.647. The molecule has 0 saturated carbocycles. The molecule has 1 aromatic rings. The molecular weight excluding hydrogens is 248 g/mol. The number of nitrogens with two attached hydrogens (primary N) is 1. The number of nitrogen functional groups attached to an aromatic ring is 1. The summed E-state index contributed by atoms with van der Waals surface area (Å²) in [4.78, 5) is 2.57. The first-order chi connectivity index (χ1) is 9.79. The molecule has 2 N–H and O–H groups in total. The van der Waals surface area contributed by atoms with Gasteiger partial charge in [0.25, 0.3) is 0 Å². The first-order valence-corrected chi connectivity index (χ1v) is 7.99. The van der Waals surface area contributed by atoms with Gasteiger partial charge in [-0.05, 0) is 50.4 Å². The molecule has 20 heavy (non-hydrogen) atoms. The molecule has 0 radical (unpaired) electrons. The highest BCUT2D eigenvalue weighted by atomic mass is 16.5. The standard InChI is InChI=1S/C17H28N2O/c1-2-6-15-9-12-19(13-10-15)11-5-14-20-17-8-4-3-7-16(17)18/h3-4,7-8,15H,2,5-6,9-14,18H2,1H3. The highest BCUT2D eigenvalue weighted by Crippen LogP contribution is 2.22. The lowest BCUT2D eigenvalue weighted by Crippen LogP contribution is -2.34. The third kappa shape index (κ3) is 4.71. The van der Waals surface area contributed by atoms with Gasteiger partial charge in [0.2, 0.25) is 0 Å². The van der Waals surface area contributed by atoms with E-state index >= 15 is 0 Å². The number of hydrogen-bond donors (Lipinski definition) is 1. The van der Waals surface area contributed by atoms with E-state index in [-0.39, 0.29) is 0 Å². The van der Waals surface area contributed by atoms with Gasteiger partial charge in [0.1, 0.15) is 5.75 Å². The average molecular weight is 276 g/mol. The molecule has 0 aromatic heterocycles. The van der Waals surface area contributed by atoms with Crippen molar-refractivity contribution in [3.8, 4) is 5.75 Å². The van der Waals surface area contributed by atoms with E-state index in [1.807, 2.05) is 24.3 Å². The van der Waals surface area contributed by atoms with Crippen LogP contribution < -0.4 is 10.5 Å². The number of rotatable bonds is 7. The largest absolute Gasteiger partial charge is 0.491 e. The minimum atomic E-state index is 0.730. The Hall–Kier alpha value is -1.22. The van der Waals surface area contributed by atoms with Crippen molar-refractivity contribution in [2.45, 2.75) is 39.0 Å². The van der Waals surface area contributed by atoms with E-state index in [2.05, 4.69) is 11.8 Å². The minimum absolute atomic E-state index is 0.730. The summed E-state index contributed by atoms with van der Waals surface area (Å²) in [6.45, 7) is 6.71. The van der Waals surface area contributed by atoms with Gasteiger partial charge in [0.15, 0.2) is 0 Å². The summed E-state index contributed by atoms with van der Waals surface area (Å²) < 4.78 is 5.74. The number of benzene rings is 1. The van der Waals surface area contributed by atoms with Gasteiger partial charge in [0.05, 0.1) is 12.3 Å². The molecule has 1 fully saturated rings. The van der Waals surface area contributed by atoms with Crippen LogP contribution in [0.3, 0.4) is 0 Å². The first kappa shape index (κ1) is 15.2. The second-order valence-electron chi connectivity index (χ2n) is 5.81. The zero-order valence-corrected chi connectivity index (χ0v) is 12.7. The van der Waals surface area contributed by atoms with E-state index in [9.17, 15) is 0 Å². The van der Waals surface area contributed by atoms with E-state index in [1.54, 1.807) is 0 Å². The van der Waals surface area contributed by atoms with E-state index in [1.165, 1.54) is 38.8 Å². The van der Waals surface area contributed by atoms with Crippen LogP contribution in [0.2, 0.25) is 0 Å². The summed E-state index contributed by atoms with van der Waals surface area (Å²) in [6, 6.07) is 7.71. The van der Waals surface area contributed by atoms with Crippen LogP contribution in [0.25, 0.3) is 0 Å². The molecule has 0 atom stereocenters. The number of likely N-dealkylation sites (tertiary alicyclic amines) is 1. The zero-order chi connectivity index (χ0) is 14.2. The van der Waals surface area contributed by atoms with Crippen molar-refractivity contribution in [1.82, 2.24) is 4.90 Å². The fourth-order valence-corrected chi connectivity index (χ4v) is 2.99.